The molecule has 1 aromatic heterocycles. The molecule has 1 fully saturated rings. The minimum absolute atomic E-state index is 0.00358. The fourth-order valence-corrected chi connectivity index (χ4v) is 3.84. The summed E-state index contributed by atoms with van der Waals surface area (Å²) in [5.41, 5.74) is 0.633. The Balaban J connectivity index is 2.26. The topological polar surface area (TPSA) is 70.5 Å². The molecular weight excluding hydrogens is 288 g/mol. The standard InChI is InChI=1S/C12H17ClN2O3S/c1-8-5-11(6-14-12(8)13)19(17,18)15-4-3-10(7-15)9(2)16/h5-6,9-10,16H,3-4,7H2,1-2H3. The van der Waals surface area contributed by atoms with E-state index >= 15 is 0 Å². The summed E-state index contributed by atoms with van der Waals surface area (Å²) in [4.78, 5) is 4.03. The van der Waals surface area contributed by atoms with Gasteiger partial charge in [0, 0.05) is 19.3 Å². The molecule has 7 heteroatoms. The van der Waals surface area contributed by atoms with Crippen LogP contribution in [0.5, 0.6) is 0 Å². The first-order valence-electron chi connectivity index (χ1n) is 6.12. The van der Waals surface area contributed by atoms with Crippen molar-refractivity contribution in [1.29, 1.82) is 0 Å². The maximum Gasteiger partial charge on any atom is 0.244 e. The van der Waals surface area contributed by atoms with Crippen molar-refractivity contribution in [2.45, 2.75) is 31.3 Å². The van der Waals surface area contributed by atoms with Crippen LogP contribution in [0.4, 0.5) is 0 Å². The van der Waals surface area contributed by atoms with Crippen LogP contribution in [0.15, 0.2) is 17.2 Å². The molecule has 1 saturated heterocycles. The molecule has 0 amide bonds. The molecule has 2 heterocycles. The van der Waals surface area contributed by atoms with E-state index in [2.05, 4.69) is 4.98 Å². The van der Waals surface area contributed by atoms with Crippen molar-refractivity contribution in [3.8, 4) is 0 Å². The van der Waals surface area contributed by atoms with Crippen LogP contribution < -0.4 is 0 Å². The van der Waals surface area contributed by atoms with Crippen molar-refractivity contribution in [3.63, 3.8) is 0 Å². The van der Waals surface area contributed by atoms with E-state index in [-0.39, 0.29) is 10.8 Å². The van der Waals surface area contributed by atoms with Gasteiger partial charge in [-0.15, -0.1) is 0 Å². The van der Waals surface area contributed by atoms with E-state index in [0.717, 1.165) is 0 Å². The van der Waals surface area contributed by atoms with E-state index in [9.17, 15) is 13.5 Å². The number of rotatable bonds is 3. The SMILES string of the molecule is Cc1cc(S(=O)(=O)N2CCC(C(C)O)C2)cnc1Cl. The van der Waals surface area contributed by atoms with E-state index in [1.165, 1.54) is 16.6 Å². The molecule has 1 N–H and O–H groups in total. The lowest BCUT2D eigenvalue weighted by Crippen LogP contribution is -2.30. The predicted molar refractivity (Wildman–Crippen MR) is 72.5 cm³/mol. The highest BCUT2D eigenvalue weighted by Crippen LogP contribution is 2.27. The zero-order chi connectivity index (χ0) is 14.2. The molecule has 2 unspecified atom stereocenters. The molecule has 0 radical (unpaired) electrons. The Bertz CT molecular complexity index is 574. The van der Waals surface area contributed by atoms with Gasteiger partial charge < -0.3 is 5.11 Å². The van der Waals surface area contributed by atoms with Gasteiger partial charge in [-0.05, 0) is 37.8 Å². The van der Waals surface area contributed by atoms with Gasteiger partial charge in [0.15, 0.2) is 0 Å². The van der Waals surface area contributed by atoms with Gasteiger partial charge in [-0.1, -0.05) is 11.6 Å². The summed E-state index contributed by atoms with van der Waals surface area (Å²) in [6, 6.07) is 1.53. The van der Waals surface area contributed by atoms with Crippen molar-refractivity contribution in [2.24, 2.45) is 5.92 Å². The number of aryl methyl sites for hydroxylation is 1. The third kappa shape index (κ3) is 2.91. The quantitative estimate of drug-likeness (QED) is 0.858. The Morgan fingerprint density at radius 2 is 2.26 bits per heavy atom. The van der Waals surface area contributed by atoms with Crippen molar-refractivity contribution in [1.82, 2.24) is 9.29 Å². The summed E-state index contributed by atoms with van der Waals surface area (Å²) in [6.45, 7) is 4.19. The van der Waals surface area contributed by atoms with Crippen molar-refractivity contribution in [2.75, 3.05) is 13.1 Å². The Morgan fingerprint density at radius 1 is 1.58 bits per heavy atom. The highest BCUT2D eigenvalue weighted by Gasteiger charge is 2.34. The van der Waals surface area contributed by atoms with Gasteiger partial charge in [0.25, 0.3) is 0 Å². The molecule has 1 aromatic rings. The number of pyridine rings is 1. The molecule has 19 heavy (non-hydrogen) atoms. The number of aliphatic hydroxyl groups excluding tert-OH is 1. The van der Waals surface area contributed by atoms with Gasteiger partial charge in [-0.2, -0.15) is 4.31 Å². The number of aliphatic hydroxyl groups is 1. The van der Waals surface area contributed by atoms with Gasteiger partial charge in [-0.25, -0.2) is 13.4 Å². The summed E-state index contributed by atoms with van der Waals surface area (Å²) in [5.74, 6) is -0.00358. The zero-order valence-electron chi connectivity index (χ0n) is 10.9. The molecule has 2 rings (SSSR count). The predicted octanol–water partition coefficient (Wildman–Crippen LogP) is 1.43. The number of sulfonamides is 1. The summed E-state index contributed by atoms with van der Waals surface area (Å²) >= 11 is 5.80. The Morgan fingerprint density at radius 3 is 2.79 bits per heavy atom. The average Bonchev–Trinajstić information content (AvgIpc) is 2.82. The molecular formula is C12H17ClN2O3S. The maximum atomic E-state index is 12.4. The molecule has 1 aliphatic heterocycles. The smallest absolute Gasteiger partial charge is 0.244 e. The minimum Gasteiger partial charge on any atom is -0.393 e. The molecule has 5 nitrogen and oxygen atoms in total. The van der Waals surface area contributed by atoms with Crippen LogP contribution in [0.2, 0.25) is 5.15 Å². The lowest BCUT2D eigenvalue weighted by molar-refractivity contribution is 0.133. The summed E-state index contributed by atoms with van der Waals surface area (Å²) in [7, 11) is -3.54. The first-order valence-corrected chi connectivity index (χ1v) is 7.94. The lowest BCUT2D eigenvalue weighted by Gasteiger charge is -2.17. The second-order valence-electron chi connectivity index (χ2n) is 4.93. The van der Waals surface area contributed by atoms with Crippen LogP contribution in [0.3, 0.4) is 0 Å². The minimum atomic E-state index is -3.54. The van der Waals surface area contributed by atoms with Crippen LogP contribution >= 0.6 is 11.6 Å². The third-order valence-electron chi connectivity index (χ3n) is 3.50. The second kappa shape index (κ2) is 5.36. The van der Waals surface area contributed by atoms with E-state index in [0.29, 0.717) is 30.2 Å². The van der Waals surface area contributed by atoms with Crippen molar-refractivity contribution < 1.29 is 13.5 Å². The number of hydrogen-bond acceptors (Lipinski definition) is 4. The van der Waals surface area contributed by atoms with Gasteiger partial charge in [0.1, 0.15) is 10.0 Å². The molecule has 106 valence electrons. The van der Waals surface area contributed by atoms with Gasteiger partial charge in [-0.3, -0.25) is 0 Å². The lowest BCUT2D eigenvalue weighted by atomic mass is 10.0. The first kappa shape index (κ1) is 14.7. The van der Waals surface area contributed by atoms with Crippen LogP contribution in [-0.4, -0.2) is 42.0 Å². The second-order valence-corrected chi connectivity index (χ2v) is 7.23. The molecule has 1 aliphatic rings. The van der Waals surface area contributed by atoms with Crippen LogP contribution in [0.25, 0.3) is 0 Å². The van der Waals surface area contributed by atoms with Crippen LogP contribution in [-0.2, 0) is 10.0 Å². The van der Waals surface area contributed by atoms with Gasteiger partial charge in [0.2, 0.25) is 10.0 Å². The Hall–Kier alpha value is -0.690. The van der Waals surface area contributed by atoms with Crippen molar-refractivity contribution in [3.05, 3.63) is 23.0 Å². The monoisotopic (exact) mass is 304 g/mol. The van der Waals surface area contributed by atoms with E-state index < -0.39 is 16.1 Å². The summed E-state index contributed by atoms with van der Waals surface area (Å²) in [6.07, 6.45) is 1.46. The molecule has 2 atom stereocenters. The fourth-order valence-electron chi connectivity index (χ4n) is 2.19. The number of hydrogen-bond donors (Lipinski definition) is 1. The number of nitrogens with zero attached hydrogens (tertiary/aromatic N) is 2. The largest absolute Gasteiger partial charge is 0.393 e. The van der Waals surface area contributed by atoms with Gasteiger partial charge in [0.05, 0.1) is 6.10 Å². The van der Waals surface area contributed by atoms with Crippen molar-refractivity contribution >= 4 is 21.6 Å². The molecule has 0 aliphatic carbocycles. The zero-order valence-corrected chi connectivity index (χ0v) is 12.4. The van der Waals surface area contributed by atoms with E-state index in [4.69, 9.17) is 11.6 Å². The highest BCUT2D eigenvalue weighted by atomic mass is 35.5. The normalized spacial score (nSPS) is 22.6. The summed E-state index contributed by atoms with van der Waals surface area (Å²) < 4.78 is 26.3. The molecule has 0 aromatic carbocycles. The average molecular weight is 305 g/mol. The molecule has 0 saturated carbocycles. The maximum absolute atomic E-state index is 12.4. The van der Waals surface area contributed by atoms with E-state index in [1.54, 1.807) is 13.8 Å². The van der Waals surface area contributed by atoms with Crippen LogP contribution in [0.1, 0.15) is 18.9 Å². The summed E-state index contributed by atoms with van der Waals surface area (Å²) in [5, 5.41) is 9.84. The number of halogens is 1. The van der Waals surface area contributed by atoms with Gasteiger partial charge >= 0.3 is 0 Å². The first-order chi connectivity index (χ1) is 8.82. The van der Waals surface area contributed by atoms with E-state index in [1.807, 2.05) is 0 Å². The highest BCUT2D eigenvalue weighted by molar-refractivity contribution is 7.89. The number of aromatic nitrogens is 1. The molecule has 0 spiro atoms. The Kier molecular flexibility index (Phi) is 4.15. The molecule has 0 bridgehead atoms. The van der Waals surface area contributed by atoms with Crippen LogP contribution in [0, 0.1) is 12.8 Å². The third-order valence-corrected chi connectivity index (χ3v) is 5.72. The Labute approximate surface area is 118 Å². The fraction of sp³-hybridized carbons (Fsp3) is 0.583.